The first kappa shape index (κ1) is 9.74. The molecule has 0 spiro atoms. The number of aromatic hydroxyl groups is 1. The molecule has 0 fully saturated rings. The van der Waals surface area contributed by atoms with Crippen LogP contribution >= 0.6 is 27.3 Å². The number of phenolic OH excluding ortho intramolecular Hbond substituents is 1. The Morgan fingerprint density at radius 3 is 2.64 bits per heavy atom. The van der Waals surface area contributed by atoms with Gasteiger partial charge in [-0.3, -0.25) is 0 Å². The fraction of sp³-hybridized carbons (Fsp3) is 0.0909. The molecule has 3 heteroatoms. The lowest BCUT2D eigenvalue weighted by Gasteiger charge is -2.03. The topological polar surface area (TPSA) is 20.2 Å². The second-order valence-electron chi connectivity index (χ2n) is 3.13. The van der Waals surface area contributed by atoms with E-state index in [0.29, 0.717) is 5.75 Å². The first-order chi connectivity index (χ1) is 6.68. The number of hydrogen-bond acceptors (Lipinski definition) is 2. The van der Waals surface area contributed by atoms with Crippen LogP contribution in [-0.4, -0.2) is 5.11 Å². The van der Waals surface area contributed by atoms with Gasteiger partial charge in [0.25, 0.3) is 0 Å². The zero-order valence-corrected chi connectivity index (χ0v) is 10.0. The van der Waals surface area contributed by atoms with E-state index in [1.165, 1.54) is 5.56 Å². The maximum atomic E-state index is 9.40. The Morgan fingerprint density at radius 1 is 1.29 bits per heavy atom. The van der Waals surface area contributed by atoms with Crippen LogP contribution in [0.3, 0.4) is 0 Å². The number of benzene rings is 1. The summed E-state index contributed by atoms with van der Waals surface area (Å²) in [6.07, 6.45) is 0. The lowest BCUT2D eigenvalue weighted by molar-refractivity contribution is 0.471. The second kappa shape index (κ2) is 3.75. The third-order valence-corrected chi connectivity index (χ3v) is 3.83. The molecule has 0 saturated carbocycles. The molecule has 0 aliphatic rings. The fourth-order valence-corrected chi connectivity index (χ4v) is 2.84. The van der Waals surface area contributed by atoms with Crippen molar-refractivity contribution in [2.24, 2.45) is 0 Å². The van der Waals surface area contributed by atoms with Gasteiger partial charge in [-0.2, -0.15) is 11.3 Å². The van der Waals surface area contributed by atoms with Gasteiger partial charge in [0.1, 0.15) is 5.75 Å². The quantitative estimate of drug-likeness (QED) is 0.822. The Bertz CT molecular complexity index is 462. The minimum Gasteiger partial charge on any atom is -0.508 e. The Labute approximate surface area is 95.2 Å². The van der Waals surface area contributed by atoms with E-state index in [0.717, 1.165) is 15.6 Å². The van der Waals surface area contributed by atoms with E-state index >= 15 is 0 Å². The molecule has 72 valence electrons. The van der Waals surface area contributed by atoms with Crippen LogP contribution in [-0.2, 0) is 0 Å². The van der Waals surface area contributed by atoms with Crippen molar-refractivity contribution < 1.29 is 5.11 Å². The lowest BCUT2D eigenvalue weighted by Crippen LogP contribution is -1.78. The Hall–Kier alpha value is -0.800. The zero-order chi connectivity index (χ0) is 10.1. The highest BCUT2D eigenvalue weighted by Gasteiger charge is 2.05. The predicted molar refractivity (Wildman–Crippen MR) is 63.9 cm³/mol. The van der Waals surface area contributed by atoms with Crippen LogP contribution in [0.1, 0.15) is 5.56 Å². The summed E-state index contributed by atoms with van der Waals surface area (Å²) in [4.78, 5) is 0. The second-order valence-corrected chi connectivity index (χ2v) is 4.73. The molecule has 2 rings (SSSR count). The van der Waals surface area contributed by atoms with Crippen molar-refractivity contribution in [3.05, 3.63) is 39.0 Å². The zero-order valence-electron chi connectivity index (χ0n) is 7.62. The molecule has 1 nitrogen and oxygen atoms in total. The third kappa shape index (κ3) is 1.70. The molecule has 1 aromatic carbocycles. The van der Waals surface area contributed by atoms with Crippen molar-refractivity contribution in [1.82, 2.24) is 0 Å². The summed E-state index contributed by atoms with van der Waals surface area (Å²) in [5, 5.41) is 13.5. The Kier molecular flexibility index (Phi) is 2.61. The summed E-state index contributed by atoms with van der Waals surface area (Å²) in [5.74, 6) is 0.347. The Morgan fingerprint density at radius 2 is 2.07 bits per heavy atom. The molecule has 0 atom stereocenters. The molecular weight excluding hydrogens is 260 g/mol. The number of phenols is 1. The van der Waals surface area contributed by atoms with E-state index in [4.69, 9.17) is 0 Å². The molecule has 14 heavy (non-hydrogen) atoms. The lowest BCUT2D eigenvalue weighted by atomic mass is 10.1. The molecule has 0 amide bonds. The monoisotopic (exact) mass is 268 g/mol. The molecule has 0 saturated heterocycles. The van der Waals surface area contributed by atoms with Crippen molar-refractivity contribution in [2.75, 3.05) is 0 Å². The van der Waals surface area contributed by atoms with Gasteiger partial charge in [0.05, 0.1) is 0 Å². The van der Waals surface area contributed by atoms with Gasteiger partial charge >= 0.3 is 0 Å². The van der Waals surface area contributed by atoms with E-state index in [1.54, 1.807) is 17.4 Å². The molecule has 1 heterocycles. The van der Waals surface area contributed by atoms with Gasteiger partial charge < -0.3 is 5.11 Å². The van der Waals surface area contributed by atoms with Crippen LogP contribution in [0.5, 0.6) is 5.75 Å². The number of rotatable bonds is 1. The van der Waals surface area contributed by atoms with Gasteiger partial charge in [0, 0.05) is 15.4 Å². The standard InChI is InChI=1S/C11H9BrOS/c1-7-4-8(2-3-11(7)13)9-5-14-6-10(9)12/h2-6,13H,1H3. The van der Waals surface area contributed by atoms with E-state index in [-0.39, 0.29) is 0 Å². The SMILES string of the molecule is Cc1cc(-c2cscc2Br)ccc1O. The maximum Gasteiger partial charge on any atom is 0.118 e. The first-order valence-corrected chi connectivity index (χ1v) is 5.94. The largest absolute Gasteiger partial charge is 0.508 e. The van der Waals surface area contributed by atoms with E-state index in [2.05, 4.69) is 26.7 Å². The summed E-state index contributed by atoms with van der Waals surface area (Å²) in [6, 6.07) is 5.64. The highest BCUT2D eigenvalue weighted by Crippen LogP contribution is 2.33. The van der Waals surface area contributed by atoms with Crippen LogP contribution in [0.25, 0.3) is 11.1 Å². The normalized spacial score (nSPS) is 10.4. The molecular formula is C11H9BrOS. The van der Waals surface area contributed by atoms with Crippen LogP contribution < -0.4 is 0 Å². The van der Waals surface area contributed by atoms with E-state index in [9.17, 15) is 5.11 Å². The van der Waals surface area contributed by atoms with Crippen LogP contribution in [0.15, 0.2) is 33.4 Å². The van der Waals surface area contributed by atoms with E-state index < -0.39 is 0 Å². The third-order valence-electron chi connectivity index (χ3n) is 2.12. The predicted octanol–water partition coefficient (Wildman–Crippen LogP) is 4.19. The summed E-state index contributed by atoms with van der Waals surface area (Å²) < 4.78 is 1.10. The van der Waals surface area contributed by atoms with Gasteiger partial charge in [0.2, 0.25) is 0 Å². The molecule has 0 aliphatic carbocycles. The molecule has 0 radical (unpaired) electrons. The highest BCUT2D eigenvalue weighted by atomic mass is 79.9. The van der Waals surface area contributed by atoms with Gasteiger partial charge in [-0.15, -0.1) is 0 Å². The molecule has 1 N–H and O–H groups in total. The van der Waals surface area contributed by atoms with Crippen molar-refractivity contribution in [3.8, 4) is 16.9 Å². The van der Waals surface area contributed by atoms with Gasteiger partial charge in [-0.25, -0.2) is 0 Å². The number of halogens is 1. The Balaban J connectivity index is 2.53. The summed E-state index contributed by atoms with van der Waals surface area (Å²) >= 11 is 5.16. The minimum absolute atomic E-state index is 0.347. The molecule has 0 aliphatic heterocycles. The van der Waals surface area contributed by atoms with Gasteiger partial charge in [0.15, 0.2) is 0 Å². The van der Waals surface area contributed by atoms with Gasteiger partial charge in [-0.1, -0.05) is 6.07 Å². The molecule has 0 unspecified atom stereocenters. The number of hydrogen-bond donors (Lipinski definition) is 1. The molecule has 2 aromatic rings. The smallest absolute Gasteiger partial charge is 0.118 e. The van der Waals surface area contributed by atoms with Crippen molar-refractivity contribution in [2.45, 2.75) is 6.92 Å². The average Bonchev–Trinajstić information content (AvgIpc) is 2.57. The van der Waals surface area contributed by atoms with Crippen molar-refractivity contribution >= 4 is 27.3 Å². The van der Waals surface area contributed by atoms with Crippen LogP contribution in [0.2, 0.25) is 0 Å². The van der Waals surface area contributed by atoms with Crippen molar-refractivity contribution in [1.29, 1.82) is 0 Å². The van der Waals surface area contributed by atoms with Crippen LogP contribution in [0, 0.1) is 6.92 Å². The number of aryl methyl sites for hydroxylation is 1. The average molecular weight is 269 g/mol. The molecule has 0 bridgehead atoms. The van der Waals surface area contributed by atoms with Gasteiger partial charge in [-0.05, 0) is 51.5 Å². The maximum absolute atomic E-state index is 9.40. The fourth-order valence-electron chi connectivity index (χ4n) is 1.31. The van der Waals surface area contributed by atoms with Crippen LogP contribution in [0.4, 0.5) is 0 Å². The van der Waals surface area contributed by atoms with Crippen molar-refractivity contribution in [3.63, 3.8) is 0 Å². The minimum atomic E-state index is 0.347. The summed E-state index contributed by atoms with van der Waals surface area (Å²) in [6.45, 7) is 1.90. The highest BCUT2D eigenvalue weighted by molar-refractivity contribution is 9.10. The summed E-state index contributed by atoms with van der Waals surface area (Å²) in [7, 11) is 0. The number of thiophene rings is 1. The first-order valence-electron chi connectivity index (χ1n) is 4.20. The molecule has 1 aromatic heterocycles. The summed E-state index contributed by atoms with van der Waals surface area (Å²) in [5.41, 5.74) is 3.21. The van der Waals surface area contributed by atoms with E-state index in [1.807, 2.05) is 19.1 Å².